The van der Waals surface area contributed by atoms with E-state index in [1.807, 2.05) is 0 Å². The van der Waals surface area contributed by atoms with Crippen LogP contribution in [-0.4, -0.2) is 4.89 Å². The van der Waals surface area contributed by atoms with E-state index >= 15 is 0 Å². The van der Waals surface area contributed by atoms with Crippen molar-refractivity contribution in [2.24, 2.45) is 0 Å². The van der Waals surface area contributed by atoms with Gasteiger partial charge in [-0.25, -0.2) is 0 Å². The van der Waals surface area contributed by atoms with E-state index in [1.54, 1.807) is 0 Å². The fraction of sp³-hybridized carbons (Fsp3) is 0. The quantitative estimate of drug-likeness (QED) is 0.292. The molecule has 0 rings (SSSR count). The Bertz CT molecular complexity index is 58.6. The van der Waals surface area contributed by atoms with Crippen LogP contribution < -0.4 is 28.6 Å². The van der Waals surface area contributed by atoms with E-state index in [2.05, 4.69) is 0 Å². The van der Waals surface area contributed by atoms with Crippen LogP contribution in [0.25, 0.3) is 0 Å². The predicted octanol–water partition coefficient (Wildman–Crippen LogP) is -5.31. The molecule has 0 aliphatic heterocycles. The zero-order valence-corrected chi connectivity index (χ0v) is 5.88. The van der Waals surface area contributed by atoms with Gasteiger partial charge in [-0.3, -0.25) is 0 Å². The normalized spacial score (nSPS) is 7.38. The molecule has 0 amide bonds. The molecule has 0 saturated carbocycles. The summed E-state index contributed by atoms with van der Waals surface area (Å²) < 4.78 is 8.66. The van der Waals surface area contributed by atoms with Crippen molar-refractivity contribution < 1.29 is 60.7 Å². The van der Waals surface area contributed by atoms with E-state index in [0.717, 1.165) is 0 Å². The first-order valence-electron chi connectivity index (χ1n) is 0.748. The average molecular weight is 175 g/mol. The average Bonchev–Trinajstić information content (AvgIpc) is 0.722. The molecule has 0 aromatic heterocycles. The van der Waals surface area contributed by atoms with Crippen molar-refractivity contribution in [2.75, 3.05) is 0 Å². The minimum atomic E-state index is -5.14. The number of hydrogen-bond acceptors (Lipinski definition) is 3. The van der Waals surface area contributed by atoms with Crippen LogP contribution in [0.4, 0.5) is 0 Å². The molecule has 0 aromatic rings. The van der Waals surface area contributed by atoms with Gasteiger partial charge in [0.1, 0.15) is 0 Å². The second kappa shape index (κ2) is 8.19. The summed E-state index contributed by atoms with van der Waals surface area (Å²) in [6, 6.07) is 0. The van der Waals surface area contributed by atoms with Gasteiger partial charge in [0, 0.05) is 0 Å². The van der Waals surface area contributed by atoms with E-state index in [-0.39, 0.29) is 41.4 Å². The maximum Gasteiger partial charge on any atom is 3.00 e. The van der Waals surface area contributed by atoms with Crippen LogP contribution in [0.15, 0.2) is 0 Å². The van der Waals surface area contributed by atoms with Gasteiger partial charge in [0.05, 0.1) is 7.82 Å². The van der Waals surface area contributed by atoms with Gasteiger partial charge in [0.2, 0.25) is 0 Å². The van der Waals surface area contributed by atoms with Gasteiger partial charge in [-0.1, -0.05) is 0 Å². The van der Waals surface area contributed by atoms with Crippen LogP contribution in [0.3, 0.4) is 0 Å². The minimum absolute atomic E-state index is 0. The molecule has 8 heavy (non-hydrogen) atoms. The van der Waals surface area contributed by atoms with Crippen molar-refractivity contribution in [3.63, 3.8) is 0 Å². The van der Waals surface area contributed by atoms with Crippen LogP contribution in [0.1, 0.15) is 0 Å². The molecular formula is HFeLiO5P. The maximum atomic E-state index is 8.66. The van der Waals surface area contributed by atoms with Gasteiger partial charge in [-0.15, -0.1) is 0 Å². The Morgan fingerprint density at radius 1 is 1.38 bits per heavy atom. The summed E-state index contributed by atoms with van der Waals surface area (Å²) in [6.45, 7) is 0. The Labute approximate surface area is 68.7 Å². The SMILES string of the molecule is O=P([O-])([O-])O.[Fe+3].[Li+].[O-2]. The van der Waals surface area contributed by atoms with Crippen molar-refractivity contribution in [1.29, 1.82) is 0 Å². The summed E-state index contributed by atoms with van der Waals surface area (Å²) in [6.07, 6.45) is 0. The number of rotatable bonds is 0. The van der Waals surface area contributed by atoms with Gasteiger partial charge < -0.3 is 24.7 Å². The Kier molecular flexibility index (Phi) is 23.4. The smallest absolute Gasteiger partial charge is 2.00 e. The van der Waals surface area contributed by atoms with E-state index in [0.29, 0.717) is 0 Å². The summed E-state index contributed by atoms with van der Waals surface area (Å²) in [7, 11) is -5.14. The third kappa shape index (κ3) is 195. The van der Waals surface area contributed by atoms with Gasteiger partial charge in [-0.2, -0.15) is 0 Å². The molecule has 0 spiro atoms. The zero-order valence-electron chi connectivity index (χ0n) is 3.88. The van der Waals surface area contributed by atoms with Crippen molar-refractivity contribution in [3.8, 4) is 0 Å². The first-order chi connectivity index (χ1) is 2.00. The standard InChI is InChI=1S/Fe.Li.H3O4P.O/c;;1-5(2,3)4;/h;;(H3,1,2,3,4);/q+3;+1;;-2/p-2. The van der Waals surface area contributed by atoms with Crippen molar-refractivity contribution >= 4 is 7.82 Å². The van der Waals surface area contributed by atoms with Crippen LogP contribution in [0.5, 0.6) is 0 Å². The topological polar surface area (TPSA) is 112 Å². The Morgan fingerprint density at radius 3 is 1.38 bits per heavy atom. The molecule has 0 atom stereocenters. The summed E-state index contributed by atoms with van der Waals surface area (Å²) in [5.74, 6) is 0. The van der Waals surface area contributed by atoms with Crippen molar-refractivity contribution in [1.82, 2.24) is 0 Å². The fourth-order valence-corrected chi connectivity index (χ4v) is 0. The second-order valence-electron chi connectivity index (χ2n) is 0.469. The first-order valence-corrected chi connectivity index (χ1v) is 2.24. The van der Waals surface area contributed by atoms with E-state index in [1.165, 1.54) is 0 Å². The summed E-state index contributed by atoms with van der Waals surface area (Å²) in [5.41, 5.74) is 0. The molecule has 45 valence electrons. The molecule has 5 nitrogen and oxygen atoms in total. The van der Waals surface area contributed by atoms with Crippen LogP contribution >= 0.6 is 7.82 Å². The number of phosphoric acid groups is 1. The molecule has 0 aliphatic carbocycles. The molecule has 0 saturated heterocycles. The van der Waals surface area contributed by atoms with E-state index in [4.69, 9.17) is 19.2 Å². The van der Waals surface area contributed by atoms with E-state index in [9.17, 15) is 0 Å². The Morgan fingerprint density at radius 2 is 1.38 bits per heavy atom. The van der Waals surface area contributed by atoms with Gasteiger partial charge in [-0.05, 0) is 0 Å². The van der Waals surface area contributed by atoms with Gasteiger partial charge in [0.25, 0.3) is 0 Å². The molecule has 8 heteroatoms. The molecular weight excluding hydrogens is 174 g/mol. The molecule has 0 aromatic carbocycles. The summed E-state index contributed by atoms with van der Waals surface area (Å²) in [4.78, 5) is 24.3. The van der Waals surface area contributed by atoms with Crippen molar-refractivity contribution in [2.45, 2.75) is 0 Å². The molecule has 0 heterocycles. The molecule has 0 fully saturated rings. The zero-order chi connectivity index (χ0) is 4.50. The van der Waals surface area contributed by atoms with Crippen molar-refractivity contribution in [3.05, 3.63) is 0 Å². The fourth-order valence-electron chi connectivity index (χ4n) is 0. The second-order valence-corrected chi connectivity index (χ2v) is 1.41. The Hall–Kier alpha value is 1.19. The third-order valence-corrected chi connectivity index (χ3v) is 0. The molecule has 1 N–H and O–H groups in total. The molecule has 0 bridgehead atoms. The van der Waals surface area contributed by atoms with Gasteiger partial charge in [0.15, 0.2) is 0 Å². The summed E-state index contributed by atoms with van der Waals surface area (Å²) in [5, 5.41) is 0. The van der Waals surface area contributed by atoms with E-state index < -0.39 is 7.82 Å². The third-order valence-electron chi connectivity index (χ3n) is 0. The Balaban J connectivity index is -0.0000000267. The maximum absolute atomic E-state index is 8.66. The first kappa shape index (κ1) is 22.9. The summed E-state index contributed by atoms with van der Waals surface area (Å²) >= 11 is 0. The van der Waals surface area contributed by atoms with Crippen LogP contribution in [-0.2, 0) is 27.1 Å². The predicted molar refractivity (Wildman–Crippen MR) is 10.5 cm³/mol. The largest absolute Gasteiger partial charge is 3.00 e. The molecule has 0 aliphatic rings. The molecule has 1 radical (unpaired) electrons. The van der Waals surface area contributed by atoms with Gasteiger partial charge >= 0.3 is 35.9 Å². The van der Waals surface area contributed by atoms with Crippen LogP contribution in [0, 0.1) is 0 Å². The molecule has 0 unspecified atom stereocenters. The van der Waals surface area contributed by atoms with Crippen LogP contribution in [0.2, 0.25) is 0 Å². The number of hydrogen-bond donors (Lipinski definition) is 1. The monoisotopic (exact) mass is 175 g/mol. The minimum Gasteiger partial charge on any atom is -2.00 e.